The smallest absolute Gasteiger partial charge is 0.261 e. The Labute approximate surface area is 190 Å². The van der Waals surface area contributed by atoms with E-state index in [4.69, 9.17) is 4.74 Å². The van der Waals surface area contributed by atoms with Gasteiger partial charge in [-0.05, 0) is 36.8 Å². The quantitative estimate of drug-likeness (QED) is 0.532. The third kappa shape index (κ3) is 6.10. The first kappa shape index (κ1) is 23.3. The van der Waals surface area contributed by atoms with Crippen molar-refractivity contribution in [2.24, 2.45) is 5.92 Å². The number of amides is 2. The van der Waals surface area contributed by atoms with Crippen LogP contribution in [0.5, 0.6) is 5.75 Å². The van der Waals surface area contributed by atoms with E-state index in [1.807, 2.05) is 87.5 Å². The summed E-state index contributed by atoms with van der Waals surface area (Å²) in [5.41, 5.74) is 2.12. The number of hydrogen-bond acceptors (Lipinski definition) is 3. The maximum Gasteiger partial charge on any atom is 0.261 e. The highest BCUT2D eigenvalue weighted by Crippen LogP contribution is 2.25. The summed E-state index contributed by atoms with van der Waals surface area (Å²) in [5.74, 6) is 0.598. The monoisotopic (exact) mass is 432 g/mol. The lowest BCUT2D eigenvalue weighted by Crippen LogP contribution is -2.49. The van der Waals surface area contributed by atoms with Crippen LogP contribution in [0.3, 0.4) is 0 Å². The van der Waals surface area contributed by atoms with Crippen LogP contribution >= 0.6 is 0 Å². The molecule has 0 aliphatic rings. The zero-order valence-electron chi connectivity index (χ0n) is 19.3. The summed E-state index contributed by atoms with van der Waals surface area (Å²) in [6.45, 7) is 8.64. The van der Waals surface area contributed by atoms with E-state index in [9.17, 15) is 9.59 Å². The first-order chi connectivity index (χ1) is 15.3. The van der Waals surface area contributed by atoms with Gasteiger partial charge in [0.15, 0.2) is 6.61 Å². The second kappa shape index (κ2) is 10.8. The molecule has 5 nitrogen and oxygen atoms in total. The molecule has 0 spiro atoms. The van der Waals surface area contributed by atoms with Gasteiger partial charge in [0.1, 0.15) is 11.8 Å². The number of hydrogen-bond donors (Lipinski definition) is 1. The molecule has 0 saturated heterocycles. The molecule has 3 rings (SSSR count). The van der Waals surface area contributed by atoms with Crippen LogP contribution < -0.4 is 10.1 Å². The summed E-state index contributed by atoms with van der Waals surface area (Å²) in [4.78, 5) is 27.6. The van der Waals surface area contributed by atoms with E-state index < -0.39 is 6.04 Å². The average Bonchev–Trinajstić information content (AvgIpc) is 2.80. The lowest BCUT2D eigenvalue weighted by Gasteiger charge is -2.29. The Hall–Kier alpha value is -3.34. The number of carbonyl (C=O) groups excluding carboxylic acids is 2. The van der Waals surface area contributed by atoms with Gasteiger partial charge in [-0.1, -0.05) is 80.1 Å². The summed E-state index contributed by atoms with van der Waals surface area (Å²) in [6.07, 6.45) is 0. The van der Waals surface area contributed by atoms with Crippen molar-refractivity contribution in [3.05, 3.63) is 77.9 Å². The zero-order chi connectivity index (χ0) is 23.1. The van der Waals surface area contributed by atoms with E-state index in [1.165, 1.54) is 0 Å². The van der Waals surface area contributed by atoms with Crippen LogP contribution in [-0.4, -0.2) is 35.9 Å². The fraction of sp³-hybridized carbons (Fsp3) is 0.333. The lowest BCUT2D eigenvalue weighted by atomic mass is 10.1. The summed E-state index contributed by atoms with van der Waals surface area (Å²) < 4.78 is 5.92. The Morgan fingerprint density at radius 1 is 0.938 bits per heavy atom. The minimum atomic E-state index is -0.612. The molecule has 168 valence electrons. The normalized spacial score (nSPS) is 11.9. The average molecular weight is 433 g/mol. The van der Waals surface area contributed by atoms with Gasteiger partial charge >= 0.3 is 0 Å². The predicted molar refractivity (Wildman–Crippen MR) is 128 cm³/mol. The Balaban J connectivity index is 1.76. The molecule has 0 aliphatic heterocycles. The van der Waals surface area contributed by atoms with Gasteiger partial charge in [0.05, 0.1) is 0 Å². The SMILES string of the molecule is Cc1ccc(CN(C(=O)COc2cccc3ccccc23)[C@@H](C)C(=O)NCC(C)C)cc1. The minimum absolute atomic E-state index is 0.137. The summed E-state index contributed by atoms with van der Waals surface area (Å²) in [5, 5.41) is 4.94. The molecule has 0 aromatic heterocycles. The van der Waals surface area contributed by atoms with E-state index in [0.29, 0.717) is 24.8 Å². The molecule has 2 amide bonds. The molecule has 5 heteroatoms. The van der Waals surface area contributed by atoms with Crippen molar-refractivity contribution in [2.75, 3.05) is 13.2 Å². The molecule has 0 aliphatic carbocycles. The molecule has 1 atom stereocenters. The van der Waals surface area contributed by atoms with Crippen molar-refractivity contribution in [3.63, 3.8) is 0 Å². The van der Waals surface area contributed by atoms with Crippen LogP contribution in [-0.2, 0) is 16.1 Å². The zero-order valence-corrected chi connectivity index (χ0v) is 19.3. The highest BCUT2D eigenvalue weighted by molar-refractivity contribution is 5.90. The molecule has 0 fully saturated rings. The third-order valence-electron chi connectivity index (χ3n) is 5.43. The van der Waals surface area contributed by atoms with Gasteiger partial charge < -0.3 is 15.0 Å². The molecule has 0 unspecified atom stereocenters. The molecule has 1 N–H and O–H groups in total. The molecule has 3 aromatic rings. The maximum atomic E-state index is 13.2. The molecule has 0 saturated carbocycles. The van der Waals surface area contributed by atoms with Crippen molar-refractivity contribution in [1.29, 1.82) is 0 Å². The topological polar surface area (TPSA) is 58.6 Å². The molecular formula is C27H32N2O3. The van der Waals surface area contributed by atoms with Crippen LogP contribution in [0.15, 0.2) is 66.7 Å². The number of nitrogens with zero attached hydrogens (tertiary/aromatic N) is 1. The van der Waals surface area contributed by atoms with E-state index in [0.717, 1.165) is 21.9 Å². The van der Waals surface area contributed by atoms with Crippen molar-refractivity contribution < 1.29 is 14.3 Å². The van der Waals surface area contributed by atoms with Crippen LogP contribution in [0.2, 0.25) is 0 Å². The number of aryl methyl sites for hydroxylation is 1. The number of ether oxygens (including phenoxy) is 1. The molecule has 0 heterocycles. The summed E-state index contributed by atoms with van der Waals surface area (Å²) in [7, 11) is 0. The Kier molecular flexibility index (Phi) is 7.87. The van der Waals surface area contributed by atoms with Crippen LogP contribution in [0.4, 0.5) is 0 Å². The van der Waals surface area contributed by atoms with Crippen LogP contribution in [0.1, 0.15) is 31.9 Å². The van der Waals surface area contributed by atoms with E-state index in [-0.39, 0.29) is 18.4 Å². The third-order valence-corrected chi connectivity index (χ3v) is 5.43. The van der Waals surface area contributed by atoms with Crippen LogP contribution in [0, 0.1) is 12.8 Å². The predicted octanol–water partition coefficient (Wildman–Crippen LogP) is 4.72. The maximum absolute atomic E-state index is 13.2. The Morgan fingerprint density at radius 2 is 1.62 bits per heavy atom. The van der Waals surface area contributed by atoms with Crippen molar-refractivity contribution in [1.82, 2.24) is 10.2 Å². The molecule has 32 heavy (non-hydrogen) atoms. The van der Waals surface area contributed by atoms with E-state index >= 15 is 0 Å². The minimum Gasteiger partial charge on any atom is -0.483 e. The Bertz CT molecular complexity index is 1050. The van der Waals surface area contributed by atoms with Gasteiger partial charge in [0.2, 0.25) is 5.91 Å². The number of nitrogens with one attached hydrogen (secondary N) is 1. The largest absolute Gasteiger partial charge is 0.483 e. The standard InChI is InChI=1S/C27H32N2O3/c1-19(2)16-28-27(31)21(4)29(17-22-14-12-20(3)13-15-22)26(30)18-32-25-11-7-9-23-8-5-6-10-24(23)25/h5-15,19,21H,16-18H2,1-4H3,(H,28,31)/t21-/m0/s1. The number of fused-ring (bicyclic) bond motifs is 1. The van der Waals surface area contributed by atoms with Gasteiger partial charge in [-0.3, -0.25) is 9.59 Å². The summed E-state index contributed by atoms with van der Waals surface area (Å²) in [6, 6.07) is 21.1. The number of rotatable bonds is 9. The van der Waals surface area contributed by atoms with Crippen LogP contribution in [0.25, 0.3) is 10.8 Å². The first-order valence-electron chi connectivity index (χ1n) is 11.1. The van der Waals surface area contributed by atoms with Gasteiger partial charge in [-0.15, -0.1) is 0 Å². The molecule has 0 bridgehead atoms. The van der Waals surface area contributed by atoms with Crippen molar-refractivity contribution >= 4 is 22.6 Å². The molecule has 0 radical (unpaired) electrons. The Morgan fingerprint density at radius 3 is 2.34 bits per heavy atom. The molecule has 3 aromatic carbocycles. The highest BCUT2D eigenvalue weighted by Gasteiger charge is 2.26. The van der Waals surface area contributed by atoms with Gasteiger partial charge in [-0.25, -0.2) is 0 Å². The number of benzene rings is 3. The molecular weight excluding hydrogens is 400 g/mol. The highest BCUT2D eigenvalue weighted by atomic mass is 16.5. The van der Waals surface area contributed by atoms with Crippen molar-refractivity contribution in [2.45, 2.75) is 40.3 Å². The van der Waals surface area contributed by atoms with Crippen molar-refractivity contribution in [3.8, 4) is 5.75 Å². The lowest BCUT2D eigenvalue weighted by molar-refractivity contribution is -0.142. The van der Waals surface area contributed by atoms with Gasteiger partial charge in [0.25, 0.3) is 5.91 Å². The van der Waals surface area contributed by atoms with Gasteiger partial charge in [-0.2, -0.15) is 0 Å². The fourth-order valence-electron chi connectivity index (χ4n) is 3.47. The first-order valence-corrected chi connectivity index (χ1v) is 11.1. The van der Waals surface area contributed by atoms with E-state index in [2.05, 4.69) is 5.32 Å². The fourth-order valence-corrected chi connectivity index (χ4v) is 3.47. The van der Waals surface area contributed by atoms with Gasteiger partial charge in [0, 0.05) is 18.5 Å². The number of carbonyl (C=O) groups is 2. The second-order valence-electron chi connectivity index (χ2n) is 8.59. The van der Waals surface area contributed by atoms with E-state index in [1.54, 1.807) is 11.8 Å². The second-order valence-corrected chi connectivity index (χ2v) is 8.59. The summed E-state index contributed by atoms with van der Waals surface area (Å²) >= 11 is 0.